The molecule has 0 aromatic rings. The minimum atomic E-state index is -1.04. The standard InChI is InChI=1S/C23H38O11/c1-2-3-4-5-6-7-8-27-21-15(26)16(34-23-20-18(33-20)13(10-25)30-23)14(31-21)11-28-22-19-17(32-19)12(9-24)29-22/h12-26H,2-11H2,1H3/t12-,13-,14-,15+,16-,17-,18-,19-,20-,21+,22+,23-/m1/s1. The molecule has 0 saturated carbocycles. The van der Waals surface area contributed by atoms with Gasteiger partial charge in [0.05, 0.1) is 19.8 Å². The van der Waals surface area contributed by atoms with Crippen molar-refractivity contribution < 1.29 is 53.2 Å². The normalized spacial score (nSPS) is 46.6. The van der Waals surface area contributed by atoms with Gasteiger partial charge in [-0.3, -0.25) is 0 Å². The van der Waals surface area contributed by atoms with Gasteiger partial charge in [0.1, 0.15) is 54.9 Å². The maximum atomic E-state index is 10.9. The molecule has 196 valence electrons. The second-order valence-corrected chi connectivity index (χ2v) is 9.69. The third kappa shape index (κ3) is 5.45. The smallest absolute Gasteiger partial charge is 0.187 e. The molecule has 5 rings (SSSR count). The molecule has 0 unspecified atom stereocenters. The van der Waals surface area contributed by atoms with E-state index in [1.165, 1.54) is 25.7 Å². The summed E-state index contributed by atoms with van der Waals surface area (Å²) >= 11 is 0. The molecule has 5 saturated heterocycles. The predicted molar refractivity (Wildman–Crippen MR) is 114 cm³/mol. The summed E-state index contributed by atoms with van der Waals surface area (Å²) in [6, 6.07) is 0. The monoisotopic (exact) mass is 490 g/mol. The maximum absolute atomic E-state index is 10.9. The molecule has 0 aromatic carbocycles. The van der Waals surface area contributed by atoms with Crippen molar-refractivity contribution in [3.05, 3.63) is 0 Å². The zero-order chi connectivity index (χ0) is 23.7. The number of unbranched alkanes of at least 4 members (excludes halogenated alkanes) is 5. The Morgan fingerprint density at radius 2 is 1.26 bits per heavy atom. The summed E-state index contributed by atoms with van der Waals surface area (Å²) in [5.74, 6) is 0. The molecule has 11 heteroatoms. The molecule has 0 aromatic heterocycles. The van der Waals surface area contributed by atoms with Gasteiger partial charge < -0.3 is 53.2 Å². The number of fused-ring (bicyclic) bond motifs is 2. The third-order valence-electron chi connectivity index (χ3n) is 7.16. The van der Waals surface area contributed by atoms with E-state index in [2.05, 4.69) is 6.92 Å². The average Bonchev–Trinajstić information content (AvgIpc) is 3.74. The van der Waals surface area contributed by atoms with E-state index in [4.69, 9.17) is 37.9 Å². The third-order valence-corrected chi connectivity index (χ3v) is 7.16. The van der Waals surface area contributed by atoms with Crippen LogP contribution in [0.1, 0.15) is 45.4 Å². The summed E-state index contributed by atoms with van der Waals surface area (Å²) in [6.45, 7) is 2.47. The fourth-order valence-corrected chi connectivity index (χ4v) is 5.07. The Labute approximate surface area is 199 Å². The molecule has 11 nitrogen and oxygen atoms in total. The second kappa shape index (κ2) is 11.3. The van der Waals surface area contributed by atoms with Gasteiger partial charge in [0.2, 0.25) is 0 Å². The minimum absolute atomic E-state index is 0.0824. The van der Waals surface area contributed by atoms with Crippen molar-refractivity contribution in [3.8, 4) is 0 Å². The molecule has 5 heterocycles. The quantitative estimate of drug-likeness (QED) is 0.208. The van der Waals surface area contributed by atoms with Crippen LogP contribution in [0.25, 0.3) is 0 Å². The Hall–Kier alpha value is -0.440. The molecule has 5 aliphatic heterocycles. The number of ether oxygens (including phenoxy) is 8. The number of aliphatic hydroxyl groups is 3. The zero-order valence-electron chi connectivity index (χ0n) is 19.6. The fraction of sp³-hybridized carbons (Fsp3) is 1.00. The van der Waals surface area contributed by atoms with Crippen molar-refractivity contribution >= 4 is 0 Å². The van der Waals surface area contributed by atoms with Gasteiger partial charge in [-0.1, -0.05) is 39.0 Å². The highest BCUT2D eigenvalue weighted by Crippen LogP contribution is 2.42. The number of rotatable bonds is 15. The number of hydrogen-bond donors (Lipinski definition) is 3. The fourth-order valence-electron chi connectivity index (χ4n) is 5.07. The van der Waals surface area contributed by atoms with E-state index < -0.39 is 49.4 Å². The lowest BCUT2D eigenvalue weighted by molar-refractivity contribution is -0.231. The first-order valence-electron chi connectivity index (χ1n) is 12.7. The average molecular weight is 491 g/mol. The molecule has 0 spiro atoms. The second-order valence-electron chi connectivity index (χ2n) is 9.69. The molecular weight excluding hydrogens is 452 g/mol. The van der Waals surface area contributed by atoms with E-state index in [9.17, 15) is 15.3 Å². The van der Waals surface area contributed by atoms with Gasteiger partial charge in [-0.25, -0.2) is 0 Å². The van der Waals surface area contributed by atoms with Crippen LogP contribution < -0.4 is 0 Å². The Bertz CT molecular complexity index is 652. The summed E-state index contributed by atoms with van der Waals surface area (Å²) in [5.41, 5.74) is 0. The van der Waals surface area contributed by atoms with Crippen LogP contribution in [0.5, 0.6) is 0 Å². The van der Waals surface area contributed by atoms with Gasteiger partial charge in [0.25, 0.3) is 0 Å². The summed E-state index contributed by atoms with van der Waals surface area (Å²) in [6.07, 6.45) is 0.583. The first kappa shape index (κ1) is 25.2. The lowest BCUT2D eigenvalue weighted by atomic mass is 10.1. The topological polar surface area (TPSA) is 141 Å². The first-order valence-corrected chi connectivity index (χ1v) is 12.7. The molecule has 0 radical (unpaired) electrons. The van der Waals surface area contributed by atoms with Crippen molar-refractivity contribution in [3.63, 3.8) is 0 Å². The minimum Gasteiger partial charge on any atom is -0.394 e. The lowest BCUT2D eigenvalue weighted by Crippen LogP contribution is -2.42. The molecule has 5 fully saturated rings. The maximum Gasteiger partial charge on any atom is 0.187 e. The van der Waals surface area contributed by atoms with E-state index >= 15 is 0 Å². The van der Waals surface area contributed by atoms with Crippen LogP contribution in [0, 0.1) is 0 Å². The molecule has 0 bridgehead atoms. The summed E-state index contributed by atoms with van der Waals surface area (Å²) in [7, 11) is 0. The van der Waals surface area contributed by atoms with Crippen molar-refractivity contribution in [1.29, 1.82) is 0 Å². The molecule has 0 amide bonds. The Kier molecular flexibility index (Phi) is 8.39. The SMILES string of the molecule is CCCCCCCCO[C@H]1O[C@H](CO[C@H]2O[C@H](CO)[C@H]3O[C@@H]23)[C@@H](O[C@H]2O[C@H](CO)[C@H]3O[C@@H]23)[C@@H]1O. The largest absolute Gasteiger partial charge is 0.394 e. The van der Waals surface area contributed by atoms with Gasteiger partial charge in [-0.2, -0.15) is 0 Å². The van der Waals surface area contributed by atoms with Gasteiger partial charge in [-0.15, -0.1) is 0 Å². The van der Waals surface area contributed by atoms with E-state index in [0.717, 1.165) is 12.8 Å². The van der Waals surface area contributed by atoms with Crippen molar-refractivity contribution in [1.82, 2.24) is 0 Å². The van der Waals surface area contributed by atoms with Crippen LogP contribution >= 0.6 is 0 Å². The number of epoxide rings is 2. The Balaban J connectivity index is 1.13. The number of aliphatic hydroxyl groups excluding tert-OH is 3. The van der Waals surface area contributed by atoms with Crippen molar-refractivity contribution in [2.24, 2.45) is 0 Å². The molecule has 3 N–H and O–H groups in total. The highest BCUT2D eigenvalue weighted by atomic mass is 16.8. The molecule has 5 aliphatic rings. The van der Waals surface area contributed by atoms with Crippen LogP contribution in [-0.4, -0.2) is 116 Å². The van der Waals surface area contributed by atoms with Crippen LogP contribution in [-0.2, 0) is 37.9 Å². The van der Waals surface area contributed by atoms with Gasteiger partial charge >= 0.3 is 0 Å². The Morgan fingerprint density at radius 1 is 0.647 bits per heavy atom. The number of hydrogen-bond acceptors (Lipinski definition) is 11. The van der Waals surface area contributed by atoms with Crippen molar-refractivity contribution in [2.45, 2.75) is 119 Å². The highest BCUT2D eigenvalue weighted by molar-refractivity contribution is 5.02. The molecule has 12 atom stereocenters. The molecule has 34 heavy (non-hydrogen) atoms. The lowest BCUT2D eigenvalue weighted by Gasteiger charge is -2.26. The van der Waals surface area contributed by atoms with Crippen LogP contribution in [0.4, 0.5) is 0 Å². The van der Waals surface area contributed by atoms with E-state index in [-0.39, 0.29) is 44.2 Å². The van der Waals surface area contributed by atoms with Crippen LogP contribution in [0.2, 0.25) is 0 Å². The zero-order valence-corrected chi connectivity index (χ0v) is 19.6. The summed E-state index contributed by atoms with van der Waals surface area (Å²) < 4.78 is 46.2. The van der Waals surface area contributed by atoms with E-state index in [1.807, 2.05) is 0 Å². The Morgan fingerprint density at radius 3 is 1.94 bits per heavy atom. The van der Waals surface area contributed by atoms with Gasteiger partial charge in [-0.05, 0) is 6.42 Å². The molecular formula is C23H38O11. The van der Waals surface area contributed by atoms with Gasteiger partial charge in [0.15, 0.2) is 18.9 Å². The molecule has 0 aliphatic carbocycles. The highest BCUT2D eigenvalue weighted by Gasteiger charge is 2.61. The van der Waals surface area contributed by atoms with E-state index in [0.29, 0.717) is 6.61 Å². The van der Waals surface area contributed by atoms with Crippen LogP contribution in [0.15, 0.2) is 0 Å². The summed E-state index contributed by atoms with van der Waals surface area (Å²) in [5, 5.41) is 29.7. The van der Waals surface area contributed by atoms with Crippen LogP contribution in [0.3, 0.4) is 0 Å². The summed E-state index contributed by atoms with van der Waals surface area (Å²) in [4.78, 5) is 0. The van der Waals surface area contributed by atoms with E-state index in [1.54, 1.807) is 0 Å². The predicted octanol–water partition coefficient (Wildman–Crippen LogP) is -0.180. The van der Waals surface area contributed by atoms with Gasteiger partial charge in [0, 0.05) is 6.61 Å². The van der Waals surface area contributed by atoms with Crippen molar-refractivity contribution in [2.75, 3.05) is 26.4 Å². The first-order chi connectivity index (χ1) is 16.6.